The van der Waals surface area contributed by atoms with E-state index >= 15 is 0 Å². The SMILES string of the molecule is COc1ccc(-c2n[nH]c(-c3ccc(Cl)cc3)c2-c2ccccc2)cc1. The Hall–Kier alpha value is -3.04. The van der Waals surface area contributed by atoms with Crippen LogP contribution in [0.4, 0.5) is 0 Å². The molecule has 0 fully saturated rings. The van der Waals surface area contributed by atoms with Crippen LogP contribution in [0.1, 0.15) is 0 Å². The summed E-state index contributed by atoms with van der Waals surface area (Å²) in [5.74, 6) is 0.823. The summed E-state index contributed by atoms with van der Waals surface area (Å²) in [5, 5.41) is 8.54. The average molecular weight is 361 g/mol. The van der Waals surface area contributed by atoms with Crippen LogP contribution in [-0.2, 0) is 0 Å². The monoisotopic (exact) mass is 360 g/mol. The molecule has 0 atom stereocenters. The number of aromatic amines is 1. The maximum absolute atomic E-state index is 6.05. The van der Waals surface area contributed by atoms with Crippen molar-refractivity contribution in [3.8, 4) is 39.4 Å². The lowest BCUT2D eigenvalue weighted by Gasteiger charge is -2.08. The van der Waals surface area contributed by atoms with Gasteiger partial charge in [-0.1, -0.05) is 54.1 Å². The molecule has 0 aliphatic heterocycles. The van der Waals surface area contributed by atoms with E-state index in [1.165, 1.54) is 0 Å². The van der Waals surface area contributed by atoms with Gasteiger partial charge in [0.2, 0.25) is 0 Å². The topological polar surface area (TPSA) is 37.9 Å². The fourth-order valence-corrected chi connectivity index (χ4v) is 3.14. The van der Waals surface area contributed by atoms with Crippen LogP contribution in [0.3, 0.4) is 0 Å². The van der Waals surface area contributed by atoms with Gasteiger partial charge in [-0.25, -0.2) is 0 Å². The maximum Gasteiger partial charge on any atom is 0.118 e. The van der Waals surface area contributed by atoms with Crippen molar-refractivity contribution in [2.75, 3.05) is 7.11 Å². The van der Waals surface area contributed by atoms with E-state index < -0.39 is 0 Å². The molecule has 0 aliphatic rings. The van der Waals surface area contributed by atoms with Crippen molar-refractivity contribution >= 4 is 11.6 Å². The minimum atomic E-state index is 0.713. The van der Waals surface area contributed by atoms with Crippen LogP contribution in [0, 0.1) is 0 Å². The molecule has 4 aromatic rings. The lowest BCUT2D eigenvalue weighted by atomic mass is 9.96. The zero-order chi connectivity index (χ0) is 17.9. The summed E-state index contributed by atoms with van der Waals surface area (Å²) in [6.07, 6.45) is 0. The molecule has 0 unspecified atom stereocenters. The minimum absolute atomic E-state index is 0.713. The van der Waals surface area contributed by atoms with Crippen molar-refractivity contribution in [3.63, 3.8) is 0 Å². The number of hydrogen-bond donors (Lipinski definition) is 1. The van der Waals surface area contributed by atoms with Gasteiger partial charge in [-0.15, -0.1) is 0 Å². The van der Waals surface area contributed by atoms with E-state index in [1.54, 1.807) is 7.11 Å². The number of nitrogens with one attached hydrogen (secondary N) is 1. The van der Waals surface area contributed by atoms with Crippen LogP contribution >= 0.6 is 11.6 Å². The first-order chi connectivity index (χ1) is 12.8. The van der Waals surface area contributed by atoms with Crippen LogP contribution < -0.4 is 4.74 Å². The largest absolute Gasteiger partial charge is 0.497 e. The van der Waals surface area contributed by atoms with Crippen molar-refractivity contribution in [1.82, 2.24) is 10.2 Å². The van der Waals surface area contributed by atoms with Gasteiger partial charge >= 0.3 is 0 Å². The molecule has 4 heteroatoms. The minimum Gasteiger partial charge on any atom is -0.497 e. The molecule has 0 radical (unpaired) electrons. The molecule has 26 heavy (non-hydrogen) atoms. The highest BCUT2D eigenvalue weighted by Gasteiger charge is 2.18. The highest BCUT2D eigenvalue weighted by molar-refractivity contribution is 6.30. The lowest BCUT2D eigenvalue weighted by molar-refractivity contribution is 0.415. The molecule has 128 valence electrons. The molecule has 0 saturated heterocycles. The Morgan fingerprint density at radius 2 is 1.42 bits per heavy atom. The number of rotatable bonds is 4. The first-order valence-electron chi connectivity index (χ1n) is 8.30. The summed E-state index contributed by atoms with van der Waals surface area (Å²) < 4.78 is 5.26. The molecular weight excluding hydrogens is 344 g/mol. The lowest BCUT2D eigenvalue weighted by Crippen LogP contribution is -1.86. The molecular formula is C22H17ClN2O. The summed E-state index contributed by atoms with van der Waals surface area (Å²) in [5.41, 5.74) is 6.12. The fraction of sp³-hybridized carbons (Fsp3) is 0.0455. The highest BCUT2D eigenvalue weighted by atomic mass is 35.5. The maximum atomic E-state index is 6.05. The number of nitrogens with zero attached hydrogens (tertiary/aromatic N) is 1. The Morgan fingerprint density at radius 1 is 0.769 bits per heavy atom. The van der Waals surface area contributed by atoms with Crippen LogP contribution in [0.2, 0.25) is 5.02 Å². The average Bonchev–Trinajstić information content (AvgIpc) is 3.14. The summed E-state index contributed by atoms with van der Waals surface area (Å²) in [4.78, 5) is 0. The van der Waals surface area contributed by atoms with Gasteiger partial charge in [0.1, 0.15) is 11.4 Å². The van der Waals surface area contributed by atoms with E-state index in [0.717, 1.165) is 39.4 Å². The normalized spacial score (nSPS) is 10.7. The Bertz CT molecular complexity index is 1010. The highest BCUT2D eigenvalue weighted by Crippen LogP contribution is 2.38. The standard InChI is InChI=1S/C22H17ClN2O/c1-26-19-13-9-17(10-14-19)22-20(15-5-3-2-4-6-15)21(24-25-22)16-7-11-18(23)12-8-16/h2-14H,1H3,(H,24,25). The predicted octanol–water partition coefficient (Wildman–Crippen LogP) is 6.07. The second-order valence-electron chi connectivity index (χ2n) is 5.92. The molecule has 1 N–H and O–H groups in total. The molecule has 0 bridgehead atoms. The van der Waals surface area contributed by atoms with Crippen LogP contribution in [0.5, 0.6) is 5.75 Å². The third-order valence-electron chi connectivity index (χ3n) is 4.33. The zero-order valence-electron chi connectivity index (χ0n) is 14.2. The smallest absolute Gasteiger partial charge is 0.118 e. The van der Waals surface area contributed by atoms with E-state index in [0.29, 0.717) is 5.02 Å². The number of methoxy groups -OCH3 is 1. The van der Waals surface area contributed by atoms with E-state index in [4.69, 9.17) is 16.3 Å². The van der Waals surface area contributed by atoms with Crippen molar-refractivity contribution in [2.45, 2.75) is 0 Å². The van der Waals surface area contributed by atoms with Gasteiger partial charge in [-0.3, -0.25) is 5.10 Å². The molecule has 1 aromatic heterocycles. The Labute approximate surface area is 157 Å². The van der Waals surface area contributed by atoms with Crippen molar-refractivity contribution in [2.24, 2.45) is 0 Å². The Morgan fingerprint density at radius 3 is 2.08 bits per heavy atom. The van der Waals surface area contributed by atoms with Gasteiger partial charge in [-0.2, -0.15) is 5.10 Å². The van der Waals surface area contributed by atoms with E-state index in [9.17, 15) is 0 Å². The second-order valence-corrected chi connectivity index (χ2v) is 6.36. The number of hydrogen-bond acceptors (Lipinski definition) is 2. The van der Waals surface area contributed by atoms with E-state index in [-0.39, 0.29) is 0 Å². The first kappa shape index (κ1) is 16.4. The van der Waals surface area contributed by atoms with E-state index in [2.05, 4.69) is 22.3 Å². The zero-order valence-corrected chi connectivity index (χ0v) is 15.0. The molecule has 0 aliphatic carbocycles. The molecule has 0 saturated carbocycles. The second kappa shape index (κ2) is 7.06. The summed E-state index contributed by atoms with van der Waals surface area (Å²) in [7, 11) is 1.66. The van der Waals surface area contributed by atoms with E-state index in [1.807, 2.05) is 66.7 Å². The molecule has 0 amide bonds. The number of halogens is 1. The van der Waals surface area contributed by atoms with Crippen molar-refractivity contribution < 1.29 is 4.74 Å². The molecule has 3 aromatic carbocycles. The van der Waals surface area contributed by atoms with Gasteiger partial charge in [0.05, 0.1) is 12.8 Å². The first-order valence-corrected chi connectivity index (χ1v) is 8.68. The number of ether oxygens (including phenoxy) is 1. The van der Waals surface area contributed by atoms with Crippen LogP contribution in [-0.4, -0.2) is 17.3 Å². The Kier molecular flexibility index (Phi) is 4.46. The van der Waals surface area contributed by atoms with Gasteiger partial charge in [-0.05, 0) is 42.0 Å². The molecule has 3 nitrogen and oxygen atoms in total. The summed E-state index contributed by atoms with van der Waals surface area (Å²) >= 11 is 6.05. The molecule has 4 rings (SSSR count). The third-order valence-corrected chi connectivity index (χ3v) is 4.58. The van der Waals surface area contributed by atoms with Gasteiger partial charge in [0, 0.05) is 21.7 Å². The van der Waals surface area contributed by atoms with Gasteiger partial charge in [0.15, 0.2) is 0 Å². The summed E-state index contributed by atoms with van der Waals surface area (Å²) in [6.45, 7) is 0. The predicted molar refractivity (Wildman–Crippen MR) is 106 cm³/mol. The molecule has 1 heterocycles. The number of benzene rings is 3. The van der Waals surface area contributed by atoms with Crippen molar-refractivity contribution in [3.05, 3.63) is 83.9 Å². The van der Waals surface area contributed by atoms with Crippen LogP contribution in [0.25, 0.3) is 33.6 Å². The number of H-pyrrole nitrogens is 1. The van der Waals surface area contributed by atoms with Gasteiger partial charge in [0.25, 0.3) is 0 Å². The fourth-order valence-electron chi connectivity index (χ4n) is 3.01. The number of aromatic nitrogens is 2. The Balaban J connectivity index is 1.90. The third kappa shape index (κ3) is 3.09. The quantitative estimate of drug-likeness (QED) is 0.479. The van der Waals surface area contributed by atoms with Crippen LogP contribution in [0.15, 0.2) is 78.9 Å². The molecule has 0 spiro atoms. The summed E-state index contributed by atoms with van der Waals surface area (Å²) in [6, 6.07) is 26.0. The van der Waals surface area contributed by atoms with Gasteiger partial charge < -0.3 is 4.74 Å². The van der Waals surface area contributed by atoms with Crippen molar-refractivity contribution in [1.29, 1.82) is 0 Å².